The number of nitrogens with one attached hydrogen (secondary N) is 2. The van der Waals surface area contributed by atoms with E-state index < -0.39 is 17.7 Å². The van der Waals surface area contributed by atoms with E-state index in [1.807, 2.05) is 20.8 Å². The molecule has 0 aliphatic heterocycles. The molecule has 1 aliphatic carbocycles. The monoisotopic (exact) mass is 344 g/mol. The van der Waals surface area contributed by atoms with Gasteiger partial charge in [-0.25, -0.2) is 4.79 Å². The van der Waals surface area contributed by atoms with Crippen LogP contribution in [0.2, 0.25) is 0 Å². The van der Waals surface area contributed by atoms with Crippen molar-refractivity contribution in [1.29, 1.82) is 0 Å². The molecule has 2 amide bonds. The third kappa shape index (κ3) is 9.08. The molecule has 0 radical (unpaired) electrons. The average molecular weight is 345 g/mol. The van der Waals surface area contributed by atoms with E-state index in [0.29, 0.717) is 6.42 Å². The van der Waals surface area contributed by atoms with Crippen LogP contribution in [0, 0.1) is 0 Å². The maximum Gasteiger partial charge on any atom is 0.408 e. The first-order valence-electron chi connectivity index (χ1n) is 8.72. The molecule has 0 aromatic carbocycles. The Kier molecular flexibility index (Phi) is 8.81. The van der Waals surface area contributed by atoms with E-state index in [2.05, 4.69) is 23.3 Å². The van der Waals surface area contributed by atoms with Crippen molar-refractivity contribution in [2.24, 2.45) is 0 Å². The van der Waals surface area contributed by atoms with Gasteiger partial charge in [-0.3, -0.25) is 4.79 Å². The van der Waals surface area contributed by atoms with E-state index >= 15 is 0 Å². The molecule has 1 aliphatic rings. The van der Waals surface area contributed by atoms with Crippen molar-refractivity contribution in [1.82, 2.24) is 10.6 Å². The zero-order chi connectivity index (χ0) is 17.3. The summed E-state index contributed by atoms with van der Waals surface area (Å²) in [4.78, 5) is 24.4. The third-order valence-electron chi connectivity index (χ3n) is 3.86. The quantitative estimate of drug-likeness (QED) is 0.467. The lowest BCUT2D eigenvalue weighted by Crippen LogP contribution is -2.50. The van der Waals surface area contributed by atoms with Crippen molar-refractivity contribution in [2.45, 2.75) is 89.8 Å². The fraction of sp³-hybridized carbons (Fsp3) is 0.882. The fourth-order valence-corrected chi connectivity index (χ4v) is 2.95. The number of thiol groups is 1. The number of amides is 2. The van der Waals surface area contributed by atoms with Crippen LogP contribution in [0.4, 0.5) is 4.79 Å². The van der Waals surface area contributed by atoms with Crippen molar-refractivity contribution in [3.63, 3.8) is 0 Å². The zero-order valence-electron chi connectivity index (χ0n) is 14.7. The number of carbonyl (C=O) groups is 2. The second-order valence-electron chi connectivity index (χ2n) is 7.26. The summed E-state index contributed by atoms with van der Waals surface area (Å²) < 4.78 is 5.27. The van der Waals surface area contributed by atoms with E-state index in [1.54, 1.807) is 0 Å². The highest BCUT2D eigenvalue weighted by atomic mass is 32.1. The van der Waals surface area contributed by atoms with Gasteiger partial charge < -0.3 is 15.4 Å². The van der Waals surface area contributed by atoms with Crippen molar-refractivity contribution < 1.29 is 14.3 Å². The highest BCUT2D eigenvalue weighted by Gasteiger charge is 2.26. The third-order valence-corrected chi connectivity index (χ3v) is 4.18. The highest BCUT2D eigenvalue weighted by Crippen LogP contribution is 2.18. The molecular formula is C17H32N2O3S. The molecule has 23 heavy (non-hydrogen) atoms. The fourth-order valence-electron chi connectivity index (χ4n) is 2.73. The number of carbonyl (C=O) groups excluding carboxylic acids is 2. The summed E-state index contributed by atoms with van der Waals surface area (Å²) in [6, 6.07) is -0.270. The Labute approximate surface area is 145 Å². The Morgan fingerprint density at radius 3 is 2.39 bits per heavy atom. The molecule has 0 unspecified atom stereocenters. The lowest BCUT2D eigenvalue weighted by atomic mass is 10.1. The molecular weight excluding hydrogens is 312 g/mol. The molecule has 1 rings (SSSR count). The predicted octanol–water partition coefficient (Wildman–Crippen LogP) is 3.43. The van der Waals surface area contributed by atoms with Gasteiger partial charge in [-0.2, -0.15) is 12.6 Å². The Hall–Kier alpha value is -0.910. The van der Waals surface area contributed by atoms with E-state index in [9.17, 15) is 9.59 Å². The molecule has 0 heterocycles. The van der Waals surface area contributed by atoms with E-state index in [4.69, 9.17) is 4.74 Å². The maximum absolute atomic E-state index is 12.5. The first-order chi connectivity index (χ1) is 10.8. The Balaban J connectivity index is 2.52. The minimum atomic E-state index is -0.567. The Morgan fingerprint density at radius 2 is 1.83 bits per heavy atom. The summed E-state index contributed by atoms with van der Waals surface area (Å²) >= 11 is 4.20. The number of unbranched alkanes of at least 4 members (excludes halogenated alkanes) is 2. The van der Waals surface area contributed by atoms with Gasteiger partial charge in [0.2, 0.25) is 5.91 Å². The summed E-state index contributed by atoms with van der Waals surface area (Å²) in [5.41, 5.74) is -0.567. The molecule has 0 aromatic heterocycles. The molecule has 6 heteroatoms. The predicted molar refractivity (Wildman–Crippen MR) is 95.9 cm³/mol. The lowest BCUT2D eigenvalue weighted by molar-refractivity contribution is -0.124. The van der Waals surface area contributed by atoms with Gasteiger partial charge in [-0.1, -0.05) is 25.7 Å². The van der Waals surface area contributed by atoms with Gasteiger partial charge in [0.05, 0.1) is 0 Å². The number of hydrogen-bond donors (Lipinski definition) is 3. The van der Waals surface area contributed by atoms with Crippen LogP contribution >= 0.6 is 12.6 Å². The summed E-state index contributed by atoms with van der Waals surface area (Å²) in [7, 11) is 0. The average Bonchev–Trinajstić information content (AvgIpc) is 2.93. The van der Waals surface area contributed by atoms with Gasteiger partial charge in [0.15, 0.2) is 0 Å². The largest absolute Gasteiger partial charge is 0.444 e. The van der Waals surface area contributed by atoms with Gasteiger partial charge in [0.1, 0.15) is 11.6 Å². The molecule has 1 atom stereocenters. The van der Waals surface area contributed by atoms with Crippen LogP contribution in [0.5, 0.6) is 0 Å². The van der Waals surface area contributed by atoms with Crippen molar-refractivity contribution in [3.8, 4) is 0 Å². The van der Waals surface area contributed by atoms with Crippen molar-refractivity contribution in [3.05, 3.63) is 0 Å². The van der Waals surface area contributed by atoms with E-state index in [-0.39, 0.29) is 11.9 Å². The highest BCUT2D eigenvalue weighted by molar-refractivity contribution is 7.80. The zero-order valence-corrected chi connectivity index (χ0v) is 15.6. The molecule has 0 bridgehead atoms. The molecule has 5 nitrogen and oxygen atoms in total. The van der Waals surface area contributed by atoms with Crippen LogP contribution in [0.3, 0.4) is 0 Å². The summed E-state index contributed by atoms with van der Waals surface area (Å²) in [5.74, 6) is 0.756. The maximum atomic E-state index is 12.5. The second-order valence-corrected chi connectivity index (χ2v) is 7.71. The number of hydrogen-bond acceptors (Lipinski definition) is 4. The van der Waals surface area contributed by atoms with Crippen molar-refractivity contribution in [2.75, 3.05) is 5.75 Å². The lowest BCUT2D eigenvalue weighted by Gasteiger charge is -2.24. The molecule has 0 spiro atoms. The van der Waals surface area contributed by atoms with E-state index in [0.717, 1.165) is 50.7 Å². The number of alkyl carbamates (subject to hydrolysis) is 1. The van der Waals surface area contributed by atoms with Crippen molar-refractivity contribution >= 4 is 24.6 Å². The number of rotatable bonds is 8. The smallest absolute Gasteiger partial charge is 0.408 e. The van der Waals surface area contributed by atoms with Gasteiger partial charge in [0.25, 0.3) is 0 Å². The van der Waals surface area contributed by atoms with Gasteiger partial charge >= 0.3 is 6.09 Å². The van der Waals surface area contributed by atoms with Crippen LogP contribution in [0.1, 0.15) is 72.1 Å². The standard InChI is InChI=1S/C17H32N2O3S/c1-17(2,3)22-16(21)19-14(11-5-4-8-12-23)15(20)18-13-9-6-7-10-13/h13-14,23H,4-12H2,1-3H3,(H,18,20)(H,19,21)/t14-/m1/s1. The molecule has 134 valence electrons. The normalized spacial score (nSPS) is 16.9. The molecule has 0 aromatic rings. The number of ether oxygens (including phenoxy) is 1. The Morgan fingerprint density at radius 1 is 1.17 bits per heavy atom. The first-order valence-corrected chi connectivity index (χ1v) is 9.36. The van der Waals surface area contributed by atoms with Crippen LogP contribution in [0.15, 0.2) is 0 Å². The summed E-state index contributed by atoms with van der Waals surface area (Å²) in [5, 5.41) is 5.80. The topological polar surface area (TPSA) is 67.4 Å². The van der Waals surface area contributed by atoms with Crippen LogP contribution < -0.4 is 10.6 Å². The van der Waals surface area contributed by atoms with Crippen LogP contribution in [-0.2, 0) is 9.53 Å². The first kappa shape index (κ1) is 20.1. The summed E-state index contributed by atoms with van der Waals surface area (Å²) in [6.07, 6.45) is 7.41. The van der Waals surface area contributed by atoms with Gasteiger partial charge in [-0.05, 0) is 52.2 Å². The molecule has 1 saturated carbocycles. The molecule has 0 saturated heterocycles. The van der Waals surface area contributed by atoms with Gasteiger partial charge in [-0.15, -0.1) is 0 Å². The second kappa shape index (κ2) is 10.1. The van der Waals surface area contributed by atoms with Gasteiger partial charge in [0, 0.05) is 6.04 Å². The van der Waals surface area contributed by atoms with E-state index in [1.165, 1.54) is 0 Å². The van der Waals surface area contributed by atoms with Crippen LogP contribution in [-0.4, -0.2) is 35.4 Å². The molecule has 1 fully saturated rings. The summed E-state index contributed by atoms with van der Waals surface area (Å²) in [6.45, 7) is 5.44. The van der Waals surface area contributed by atoms with Crippen LogP contribution in [0.25, 0.3) is 0 Å². The molecule has 2 N–H and O–H groups in total. The Bertz CT molecular complexity index is 377. The SMILES string of the molecule is CC(C)(C)OC(=O)N[C@H](CCCCCS)C(=O)NC1CCCC1. The minimum Gasteiger partial charge on any atom is -0.444 e. The minimum absolute atomic E-state index is 0.0892.